The van der Waals surface area contributed by atoms with Crippen molar-refractivity contribution >= 4 is 17.7 Å². The average Bonchev–Trinajstić information content (AvgIpc) is 2.06. The van der Waals surface area contributed by atoms with Gasteiger partial charge >= 0.3 is 5.97 Å². The van der Waals surface area contributed by atoms with Crippen molar-refractivity contribution < 1.29 is 9.53 Å². The van der Waals surface area contributed by atoms with Crippen molar-refractivity contribution in [2.24, 2.45) is 0 Å². The summed E-state index contributed by atoms with van der Waals surface area (Å²) in [6, 6.07) is 0. The van der Waals surface area contributed by atoms with Crippen LogP contribution in [-0.4, -0.2) is 24.1 Å². The minimum Gasteiger partial charge on any atom is -0.463 e. The Morgan fingerprint density at radius 2 is 2.58 bits per heavy atom. The number of hydrogen-bond donors (Lipinski definition) is 0. The summed E-state index contributed by atoms with van der Waals surface area (Å²) in [4.78, 5) is 11.0. The van der Waals surface area contributed by atoms with Crippen LogP contribution in [0.3, 0.4) is 0 Å². The molecule has 0 amide bonds. The maximum Gasteiger partial charge on any atom is 0.330 e. The summed E-state index contributed by atoms with van der Waals surface area (Å²) in [6.45, 7) is 2.29. The third kappa shape index (κ3) is 3.30. The first kappa shape index (κ1) is 9.65. The molecule has 0 spiro atoms. The molecule has 0 aliphatic carbocycles. The van der Waals surface area contributed by atoms with Crippen LogP contribution in [0.2, 0.25) is 0 Å². The molecule has 0 N–H and O–H groups in total. The lowest BCUT2D eigenvalue weighted by Gasteiger charge is -2.12. The van der Waals surface area contributed by atoms with Crippen LogP contribution in [0.25, 0.3) is 0 Å². The Morgan fingerprint density at radius 3 is 3.17 bits per heavy atom. The topological polar surface area (TPSA) is 26.3 Å². The van der Waals surface area contributed by atoms with Gasteiger partial charge in [-0.15, -0.1) is 0 Å². The van der Waals surface area contributed by atoms with Crippen molar-refractivity contribution in [3.05, 3.63) is 11.6 Å². The first-order chi connectivity index (χ1) is 5.83. The van der Waals surface area contributed by atoms with Crippen LogP contribution in [0.15, 0.2) is 11.6 Å². The van der Waals surface area contributed by atoms with E-state index in [0.29, 0.717) is 6.61 Å². The van der Waals surface area contributed by atoms with E-state index in [9.17, 15) is 4.79 Å². The van der Waals surface area contributed by atoms with Gasteiger partial charge in [0.05, 0.1) is 6.61 Å². The summed E-state index contributed by atoms with van der Waals surface area (Å²) in [5.74, 6) is 2.04. The molecule has 1 fully saturated rings. The van der Waals surface area contributed by atoms with Gasteiger partial charge in [0.2, 0.25) is 0 Å². The molecule has 1 aliphatic rings. The molecular weight excluding hydrogens is 172 g/mol. The van der Waals surface area contributed by atoms with Gasteiger partial charge in [-0.1, -0.05) is 5.57 Å². The lowest BCUT2D eigenvalue weighted by molar-refractivity contribution is -0.137. The zero-order chi connectivity index (χ0) is 8.81. The predicted molar refractivity (Wildman–Crippen MR) is 51.3 cm³/mol. The molecule has 3 heteroatoms. The highest BCUT2D eigenvalue weighted by Crippen LogP contribution is 2.21. The van der Waals surface area contributed by atoms with Gasteiger partial charge in [-0.3, -0.25) is 0 Å². The van der Waals surface area contributed by atoms with Crippen LogP contribution in [-0.2, 0) is 9.53 Å². The maximum absolute atomic E-state index is 11.0. The zero-order valence-electron chi connectivity index (χ0n) is 7.34. The van der Waals surface area contributed by atoms with Crippen molar-refractivity contribution in [1.82, 2.24) is 0 Å². The van der Waals surface area contributed by atoms with Crippen LogP contribution in [0.1, 0.15) is 19.8 Å². The second kappa shape index (κ2) is 5.25. The lowest BCUT2D eigenvalue weighted by Crippen LogP contribution is -2.05. The van der Waals surface area contributed by atoms with Crippen LogP contribution < -0.4 is 0 Å². The molecule has 0 aromatic carbocycles. The molecule has 0 aromatic heterocycles. The normalized spacial score (nSPS) is 20.9. The first-order valence-electron chi connectivity index (χ1n) is 4.27. The molecule has 0 bridgehead atoms. The van der Waals surface area contributed by atoms with Crippen LogP contribution in [0.5, 0.6) is 0 Å². The summed E-state index contributed by atoms with van der Waals surface area (Å²) in [5.41, 5.74) is 1.23. The van der Waals surface area contributed by atoms with E-state index in [2.05, 4.69) is 0 Å². The van der Waals surface area contributed by atoms with Crippen molar-refractivity contribution in [3.63, 3.8) is 0 Å². The van der Waals surface area contributed by atoms with Gasteiger partial charge < -0.3 is 4.74 Å². The Kier molecular flexibility index (Phi) is 4.22. The summed E-state index contributed by atoms with van der Waals surface area (Å²) < 4.78 is 4.82. The molecule has 68 valence electrons. The second-order valence-electron chi connectivity index (χ2n) is 2.71. The minimum atomic E-state index is -0.185. The molecule has 0 aromatic rings. The number of esters is 1. The Bertz CT molecular complexity index is 179. The SMILES string of the molecule is CCOC(=O)/C=C1\CCCSC1. The van der Waals surface area contributed by atoms with Gasteiger partial charge in [-0.05, 0) is 25.5 Å². The Morgan fingerprint density at radius 1 is 1.75 bits per heavy atom. The maximum atomic E-state index is 11.0. The van der Waals surface area contributed by atoms with Gasteiger partial charge in [0.15, 0.2) is 0 Å². The van der Waals surface area contributed by atoms with Gasteiger partial charge in [0.25, 0.3) is 0 Å². The average molecular weight is 186 g/mol. The smallest absolute Gasteiger partial charge is 0.330 e. The standard InChI is InChI=1S/C9H14O2S/c1-2-11-9(10)6-8-4-3-5-12-7-8/h6H,2-5,7H2,1H3/b8-6+. The van der Waals surface area contributed by atoms with Crippen molar-refractivity contribution in [2.75, 3.05) is 18.1 Å². The van der Waals surface area contributed by atoms with E-state index < -0.39 is 0 Å². The monoisotopic (exact) mass is 186 g/mol. The molecule has 1 saturated heterocycles. The van der Waals surface area contributed by atoms with E-state index >= 15 is 0 Å². The van der Waals surface area contributed by atoms with Crippen molar-refractivity contribution in [2.45, 2.75) is 19.8 Å². The lowest BCUT2D eigenvalue weighted by atomic mass is 10.1. The number of rotatable bonds is 2. The summed E-state index contributed by atoms with van der Waals surface area (Å²) in [5, 5.41) is 0. The fourth-order valence-corrected chi connectivity index (χ4v) is 2.12. The summed E-state index contributed by atoms with van der Waals surface area (Å²) >= 11 is 1.89. The Balaban J connectivity index is 2.37. The zero-order valence-corrected chi connectivity index (χ0v) is 8.15. The quantitative estimate of drug-likeness (QED) is 0.487. The van der Waals surface area contributed by atoms with Gasteiger partial charge in [-0.2, -0.15) is 11.8 Å². The first-order valence-corrected chi connectivity index (χ1v) is 5.42. The minimum absolute atomic E-state index is 0.185. The molecule has 12 heavy (non-hydrogen) atoms. The third-order valence-corrected chi connectivity index (χ3v) is 2.83. The Hall–Kier alpha value is -0.440. The van der Waals surface area contributed by atoms with E-state index in [1.807, 2.05) is 18.7 Å². The van der Waals surface area contributed by atoms with E-state index in [0.717, 1.165) is 12.2 Å². The summed E-state index contributed by atoms with van der Waals surface area (Å²) in [7, 11) is 0. The molecule has 0 atom stereocenters. The van der Waals surface area contributed by atoms with Crippen LogP contribution in [0, 0.1) is 0 Å². The predicted octanol–water partition coefficient (Wildman–Crippen LogP) is 2.00. The van der Waals surface area contributed by atoms with Gasteiger partial charge in [0, 0.05) is 11.8 Å². The third-order valence-electron chi connectivity index (χ3n) is 1.68. The molecule has 1 rings (SSSR count). The van der Waals surface area contributed by atoms with E-state index in [-0.39, 0.29) is 5.97 Å². The van der Waals surface area contributed by atoms with E-state index in [1.165, 1.54) is 17.7 Å². The number of hydrogen-bond acceptors (Lipinski definition) is 3. The van der Waals surface area contributed by atoms with Crippen LogP contribution in [0.4, 0.5) is 0 Å². The fourth-order valence-electron chi connectivity index (χ4n) is 1.14. The highest BCUT2D eigenvalue weighted by Gasteiger charge is 2.07. The van der Waals surface area contributed by atoms with Crippen molar-refractivity contribution in [3.8, 4) is 0 Å². The highest BCUT2D eigenvalue weighted by atomic mass is 32.2. The largest absolute Gasteiger partial charge is 0.463 e. The molecule has 2 nitrogen and oxygen atoms in total. The van der Waals surface area contributed by atoms with Crippen LogP contribution >= 0.6 is 11.8 Å². The van der Waals surface area contributed by atoms with E-state index in [1.54, 1.807) is 6.08 Å². The van der Waals surface area contributed by atoms with Gasteiger partial charge in [0.1, 0.15) is 0 Å². The van der Waals surface area contributed by atoms with E-state index in [4.69, 9.17) is 4.74 Å². The number of ether oxygens (including phenoxy) is 1. The molecule has 1 heterocycles. The fraction of sp³-hybridized carbons (Fsp3) is 0.667. The number of thioether (sulfide) groups is 1. The van der Waals surface area contributed by atoms with Crippen molar-refractivity contribution in [1.29, 1.82) is 0 Å². The molecule has 1 aliphatic heterocycles. The molecule has 0 saturated carbocycles. The number of carbonyl (C=O) groups is 1. The van der Waals surface area contributed by atoms with Gasteiger partial charge in [-0.25, -0.2) is 4.79 Å². The number of carbonyl (C=O) groups excluding carboxylic acids is 1. The molecule has 0 unspecified atom stereocenters. The molecule has 0 radical (unpaired) electrons. The highest BCUT2D eigenvalue weighted by molar-refractivity contribution is 7.99. The second-order valence-corrected chi connectivity index (χ2v) is 3.82. The summed E-state index contributed by atoms with van der Waals surface area (Å²) in [6.07, 6.45) is 3.90. The Labute approximate surface area is 77.4 Å². The molecular formula is C9H14O2S.